The Labute approximate surface area is 198 Å². The fourth-order valence-corrected chi connectivity index (χ4v) is 6.76. The molecular weight excluding hydrogens is 414 g/mol. The van der Waals surface area contributed by atoms with Crippen LogP contribution >= 0.6 is 0 Å². The predicted octanol–water partition coefficient (Wildman–Crippen LogP) is 3.70. The summed E-state index contributed by atoms with van der Waals surface area (Å²) >= 11 is 0. The molecule has 1 unspecified atom stereocenters. The molecule has 6 heteroatoms. The number of carbonyl (C=O) groups is 1. The van der Waals surface area contributed by atoms with Gasteiger partial charge < -0.3 is 20.1 Å². The lowest BCUT2D eigenvalue weighted by molar-refractivity contribution is -0.149. The van der Waals surface area contributed by atoms with Crippen molar-refractivity contribution >= 4 is 5.91 Å². The first-order valence-corrected chi connectivity index (χ1v) is 13.3. The van der Waals surface area contributed by atoms with E-state index in [9.17, 15) is 9.90 Å². The van der Waals surface area contributed by atoms with Crippen LogP contribution in [0, 0.1) is 5.41 Å². The van der Waals surface area contributed by atoms with Gasteiger partial charge in [0.05, 0.1) is 11.5 Å². The van der Waals surface area contributed by atoms with E-state index in [0.717, 1.165) is 57.4 Å². The number of ether oxygens (including phenoxy) is 1. The van der Waals surface area contributed by atoms with Crippen LogP contribution < -0.4 is 5.32 Å². The zero-order valence-corrected chi connectivity index (χ0v) is 20.2. The lowest BCUT2D eigenvalue weighted by atomic mass is 9.78. The number of aromatic nitrogens is 1. The Morgan fingerprint density at radius 3 is 2.73 bits per heavy atom. The zero-order valence-electron chi connectivity index (χ0n) is 20.2. The first kappa shape index (κ1) is 23.3. The maximum absolute atomic E-state index is 13.9. The Morgan fingerprint density at radius 2 is 1.97 bits per heavy atom. The van der Waals surface area contributed by atoms with E-state index in [1.165, 1.54) is 43.2 Å². The summed E-state index contributed by atoms with van der Waals surface area (Å²) in [6.45, 7) is 4.78. The van der Waals surface area contributed by atoms with Gasteiger partial charge in [-0.25, -0.2) is 0 Å². The first-order valence-electron chi connectivity index (χ1n) is 13.3. The van der Waals surface area contributed by atoms with Crippen molar-refractivity contribution < 1.29 is 14.6 Å². The number of fused-ring (bicyclic) bond motifs is 1. The van der Waals surface area contributed by atoms with E-state index in [2.05, 4.69) is 17.6 Å². The molecule has 182 valence electrons. The highest BCUT2D eigenvalue weighted by molar-refractivity contribution is 5.84. The average Bonchev–Trinajstić information content (AvgIpc) is 3.29. The standard InChI is InChI=1S/C27H41N3O3/c1-19(31)27(11-7-24(16-27)29-23-9-13-33-14-10-23)26(32)30-12-8-25-22(18-30)15-21(17-28-25)20-5-3-2-4-6-20/h15,17,19-20,23-24,29,31H,2-14,16,18H2,1H3/t19?,24-,27+/m1/s1. The lowest BCUT2D eigenvalue weighted by Gasteiger charge is -2.39. The van der Waals surface area contributed by atoms with Crippen molar-refractivity contribution in [2.75, 3.05) is 19.8 Å². The van der Waals surface area contributed by atoms with Crippen LogP contribution in [-0.4, -0.2) is 58.8 Å². The van der Waals surface area contributed by atoms with Crippen molar-refractivity contribution in [3.63, 3.8) is 0 Å². The highest BCUT2D eigenvalue weighted by atomic mass is 16.5. The predicted molar refractivity (Wildman–Crippen MR) is 128 cm³/mol. The van der Waals surface area contributed by atoms with Crippen molar-refractivity contribution in [1.29, 1.82) is 0 Å². The van der Waals surface area contributed by atoms with E-state index in [0.29, 0.717) is 31.1 Å². The van der Waals surface area contributed by atoms with Crippen LogP contribution in [-0.2, 0) is 22.5 Å². The van der Waals surface area contributed by atoms with Crippen LogP contribution in [0.15, 0.2) is 12.3 Å². The molecule has 0 bridgehead atoms. The summed E-state index contributed by atoms with van der Waals surface area (Å²) < 4.78 is 5.49. The summed E-state index contributed by atoms with van der Waals surface area (Å²) in [5.74, 6) is 0.765. The Balaban J connectivity index is 1.28. The molecule has 0 spiro atoms. The Kier molecular flexibility index (Phi) is 7.05. The Bertz CT molecular complexity index is 832. The van der Waals surface area contributed by atoms with E-state index in [4.69, 9.17) is 9.72 Å². The third-order valence-electron chi connectivity index (χ3n) is 8.89. The van der Waals surface area contributed by atoms with Gasteiger partial charge >= 0.3 is 0 Å². The highest BCUT2D eigenvalue weighted by Crippen LogP contribution is 2.44. The minimum atomic E-state index is -0.672. The average molecular weight is 456 g/mol. The van der Waals surface area contributed by atoms with E-state index in [1.807, 2.05) is 11.8 Å². The van der Waals surface area contributed by atoms with Gasteiger partial charge in [-0.15, -0.1) is 0 Å². The number of hydrogen-bond acceptors (Lipinski definition) is 5. The summed E-state index contributed by atoms with van der Waals surface area (Å²) in [4.78, 5) is 20.7. The molecule has 3 atom stereocenters. The summed E-state index contributed by atoms with van der Waals surface area (Å²) in [7, 11) is 0. The topological polar surface area (TPSA) is 74.7 Å². The minimum Gasteiger partial charge on any atom is -0.392 e. The number of rotatable bonds is 5. The quantitative estimate of drug-likeness (QED) is 0.708. The number of aliphatic hydroxyl groups is 1. The molecule has 33 heavy (non-hydrogen) atoms. The maximum atomic E-state index is 13.9. The molecule has 2 aliphatic heterocycles. The van der Waals surface area contributed by atoms with Gasteiger partial charge in [-0.3, -0.25) is 9.78 Å². The molecule has 0 radical (unpaired) electrons. The second-order valence-electron chi connectivity index (χ2n) is 11.0. The summed E-state index contributed by atoms with van der Waals surface area (Å²) in [5.41, 5.74) is 3.05. The van der Waals surface area contributed by atoms with Gasteiger partial charge in [-0.05, 0) is 68.9 Å². The zero-order chi connectivity index (χ0) is 22.8. The van der Waals surface area contributed by atoms with Gasteiger partial charge in [-0.1, -0.05) is 25.3 Å². The van der Waals surface area contributed by atoms with Crippen LogP contribution in [0.3, 0.4) is 0 Å². The Hall–Kier alpha value is -1.50. The molecule has 1 aromatic rings. The van der Waals surface area contributed by atoms with E-state index >= 15 is 0 Å². The number of nitrogens with zero attached hydrogens (tertiary/aromatic N) is 2. The van der Waals surface area contributed by atoms with Crippen LogP contribution in [0.1, 0.15) is 93.9 Å². The fraction of sp³-hybridized carbons (Fsp3) is 0.778. The number of amides is 1. The number of hydrogen-bond donors (Lipinski definition) is 2. The van der Waals surface area contributed by atoms with Crippen molar-refractivity contribution in [2.45, 2.75) is 108 Å². The number of pyridine rings is 1. The third kappa shape index (κ3) is 4.85. The van der Waals surface area contributed by atoms with E-state index < -0.39 is 11.5 Å². The van der Waals surface area contributed by atoms with Gasteiger partial charge in [-0.2, -0.15) is 0 Å². The van der Waals surface area contributed by atoms with Crippen molar-refractivity contribution in [1.82, 2.24) is 15.2 Å². The van der Waals surface area contributed by atoms with Crippen LogP contribution in [0.2, 0.25) is 0 Å². The Morgan fingerprint density at radius 1 is 1.18 bits per heavy atom. The van der Waals surface area contributed by atoms with Crippen LogP contribution in [0.4, 0.5) is 0 Å². The minimum absolute atomic E-state index is 0.141. The number of carbonyl (C=O) groups excluding carboxylic acids is 1. The molecule has 6 nitrogen and oxygen atoms in total. The molecular formula is C27H41N3O3. The molecule has 3 fully saturated rings. The molecule has 2 saturated carbocycles. The molecule has 2 aliphatic carbocycles. The molecule has 5 rings (SSSR count). The molecule has 1 aromatic heterocycles. The largest absolute Gasteiger partial charge is 0.392 e. The van der Waals surface area contributed by atoms with E-state index in [-0.39, 0.29) is 5.91 Å². The normalized spacial score (nSPS) is 30.2. The SMILES string of the molecule is CC(O)[C@]1(C(=O)N2CCc3ncc(C4CCCCC4)cc3C2)CC[C@@H](NC2CCOCC2)C1. The smallest absolute Gasteiger partial charge is 0.231 e. The molecule has 3 heterocycles. The second-order valence-corrected chi connectivity index (χ2v) is 11.0. The fourth-order valence-electron chi connectivity index (χ4n) is 6.76. The van der Waals surface area contributed by atoms with Crippen LogP contribution in [0.25, 0.3) is 0 Å². The maximum Gasteiger partial charge on any atom is 0.231 e. The van der Waals surface area contributed by atoms with Gasteiger partial charge in [0.1, 0.15) is 0 Å². The summed E-state index contributed by atoms with van der Waals surface area (Å²) in [6, 6.07) is 3.09. The monoisotopic (exact) mass is 455 g/mol. The summed E-state index contributed by atoms with van der Waals surface area (Å²) in [5, 5.41) is 14.6. The van der Waals surface area contributed by atoms with Crippen LogP contribution in [0.5, 0.6) is 0 Å². The summed E-state index contributed by atoms with van der Waals surface area (Å²) in [6.07, 6.45) is 13.3. The molecule has 1 amide bonds. The van der Waals surface area contributed by atoms with Gasteiger partial charge in [0, 0.05) is 56.7 Å². The number of aliphatic hydroxyl groups excluding tert-OH is 1. The second kappa shape index (κ2) is 10.0. The van der Waals surface area contributed by atoms with Crippen molar-refractivity contribution in [2.24, 2.45) is 5.41 Å². The first-order chi connectivity index (χ1) is 16.0. The molecule has 0 aromatic carbocycles. The van der Waals surface area contributed by atoms with Crippen molar-refractivity contribution in [3.05, 3.63) is 29.1 Å². The molecule has 1 saturated heterocycles. The van der Waals surface area contributed by atoms with Gasteiger partial charge in [0.2, 0.25) is 5.91 Å². The highest BCUT2D eigenvalue weighted by Gasteiger charge is 2.51. The lowest BCUT2D eigenvalue weighted by Crippen LogP contribution is -2.51. The van der Waals surface area contributed by atoms with Gasteiger partial charge in [0.25, 0.3) is 0 Å². The van der Waals surface area contributed by atoms with Crippen molar-refractivity contribution in [3.8, 4) is 0 Å². The molecule has 4 aliphatic rings. The number of nitrogens with one attached hydrogen (secondary N) is 1. The van der Waals surface area contributed by atoms with Gasteiger partial charge in [0.15, 0.2) is 0 Å². The van der Waals surface area contributed by atoms with E-state index in [1.54, 1.807) is 0 Å². The molecule has 2 N–H and O–H groups in total. The third-order valence-corrected chi connectivity index (χ3v) is 8.89.